The van der Waals surface area contributed by atoms with Crippen molar-refractivity contribution in [2.24, 2.45) is 0 Å². The van der Waals surface area contributed by atoms with Gasteiger partial charge in [0.15, 0.2) is 0 Å². The third kappa shape index (κ3) is 4.71. The van der Waals surface area contributed by atoms with E-state index in [1.807, 2.05) is 36.9 Å². The van der Waals surface area contributed by atoms with Crippen LogP contribution in [0.4, 0.5) is 10.1 Å². The number of para-hydroxylation sites is 1. The summed E-state index contributed by atoms with van der Waals surface area (Å²) in [6.07, 6.45) is 0. The van der Waals surface area contributed by atoms with Crippen molar-refractivity contribution in [2.45, 2.75) is 26.4 Å². The van der Waals surface area contributed by atoms with Crippen molar-refractivity contribution in [3.63, 3.8) is 0 Å². The summed E-state index contributed by atoms with van der Waals surface area (Å²) in [5.74, 6) is 0.897. The zero-order valence-electron chi connectivity index (χ0n) is 20.6. The molecule has 1 aliphatic rings. The maximum atomic E-state index is 14.4. The van der Waals surface area contributed by atoms with Crippen LogP contribution >= 0.6 is 0 Å². The maximum Gasteiger partial charge on any atom is 0.259 e. The number of benzene rings is 2. The Labute approximate surface area is 204 Å². The van der Waals surface area contributed by atoms with E-state index >= 15 is 0 Å². The predicted octanol–water partition coefficient (Wildman–Crippen LogP) is 3.95. The Morgan fingerprint density at radius 3 is 2.37 bits per heavy atom. The summed E-state index contributed by atoms with van der Waals surface area (Å²) in [6, 6.07) is 13.3. The number of rotatable bonds is 7. The lowest BCUT2D eigenvalue weighted by molar-refractivity contribution is 0.203. The molecule has 0 spiro atoms. The smallest absolute Gasteiger partial charge is 0.259 e. The van der Waals surface area contributed by atoms with Crippen LogP contribution in [0.3, 0.4) is 0 Å². The number of anilines is 1. The fourth-order valence-corrected chi connectivity index (χ4v) is 4.93. The molecule has 0 saturated carbocycles. The molecule has 186 valence electrons. The molecular weight excluding hydrogens is 449 g/mol. The van der Waals surface area contributed by atoms with Crippen LogP contribution in [0.25, 0.3) is 0 Å². The minimum Gasteiger partial charge on any atom is -0.507 e. The Morgan fingerprint density at radius 1 is 1.03 bits per heavy atom. The molecule has 0 radical (unpaired) electrons. The lowest BCUT2D eigenvalue weighted by Crippen LogP contribution is -2.49. The van der Waals surface area contributed by atoms with Crippen LogP contribution in [0.5, 0.6) is 17.2 Å². The van der Waals surface area contributed by atoms with Gasteiger partial charge in [0.1, 0.15) is 23.1 Å². The van der Waals surface area contributed by atoms with Crippen LogP contribution in [0.1, 0.15) is 29.8 Å². The molecule has 1 saturated heterocycles. The van der Waals surface area contributed by atoms with Crippen LogP contribution < -0.4 is 19.9 Å². The third-order valence-corrected chi connectivity index (χ3v) is 6.72. The minimum atomic E-state index is -0.551. The molecule has 8 heteroatoms. The molecule has 2 heterocycles. The Balaban J connectivity index is 1.79. The number of pyridine rings is 1. The molecule has 1 N–H and O–H groups in total. The highest BCUT2D eigenvalue weighted by Crippen LogP contribution is 2.39. The van der Waals surface area contributed by atoms with Crippen LogP contribution in [0.15, 0.2) is 53.3 Å². The first-order valence-corrected chi connectivity index (χ1v) is 11.8. The third-order valence-electron chi connectivity index (χ3n) is 6.72. The average Bonchev–Trinajstić information content (AvgIpc) is 2.87. The van der Waals surface area contributed by atoms with E-state index in [0.717, 1.165) is 5.56 Å². The van der Waals surface area contributed by atoms with E-state index in [0.29, 0.717) is 61.2 Å². The highest BCUT2D eigenvalue weighted by Gasteiger charge is 2.33. The number of nitrogens with zero attached hydrogens (tertiary/aromatic N) is 3. The number of methoxy groups -OCH3 is 2. The van der Waals surface area contributed by atoms with Gasteiger partial charge in [0.25, 0.3) is 5.56 Å². The average molecular weight is 482 g/mol. The first kappa shape index (κ1) is 24.6. The van der Waals surface area contributed by atoms with E-state index in [9.17, 15) is 14.3 Å². The number of aryl methyl sites for hydroxylation is 1. The maximum absolute atomic E-state index is 14.4. The fourth-order valence-electron chi connectivity index (χ4n) is 4.93. The molecule has 1 atom stereocenters. The molecule has 0 aliphatic carbocycles. The van der Waals surface area contributed by atoms with Gasteiger partial charge in [-0.1, -0.05) is 12.1 Å². The van der Waals surface area contributed by atoms with Gasteiger partial charge in [0.05, 0.1) is 31.5 Å². The van der Waals surface area contributed by atoms with Gasteiger partial charge in [-0.15, -0.1) is 0 Å². The second-order valence-corrected chi connectivity index (χ2v) is 8.62. The molecule has 4 rings (SSSR count). The summed E-state index contributed by atoms with van der Waals surface area (Å²) in [6.45, 7) is 6.48. The Morgan fingerprint density at radius 2 is 1.74 bits per heavy atom. The van der Waals surface area contributed by atoms with E-state index in [2.05, 4.69) is 4.90 Å². The van der Waals surface area contributed by atoms with Crippen LogP contribution in [-0.2, 0) is 6.54 Å². The predicted molar refractivity (Wildman–Crippen MR) is 134 cm³/mol. The molecule has 0 amide bonds. The van der Waals surface area contributed by atoms with E-state index < -0.39 is 6.04 Å². The number of hydrogen-bond donors (Lipinski definition) is 1. The van der Waals surface area contributed by atoms with Gasteiger partial charge in [0, 0.05) is 50.0 Å². The molecule has 7 nitrogen and oxygen atoms in total. The van der Waals surface area contributed by atoms with Crippen LogP contribution in [0.2, 0.25) is 0 Å². The van der Waals surface area contributed by atoms with Crippen molar-refractivity contribution in [3.05, 3.63) is 81.5 Å². The molecule has 1 aromatic heterocycles. The van der Waals surface area contributed by atoms with E-state index in [4.69, 9.17) is 9.47 Å². The van der Waals surface area contributed by atoms with Gasteiger partial charge in [-0.05, 0) is 44.2 Å². The lowest BCUT2D eigenvalue weighted by Gasteiger charge is -2.41. The molecule has 2 aromatic carbocycles. The zero-order chi connectivity index (χ0) is 25.1. The van der Waals surface area contributed by atoms with Gasteiger partial charge in [-0.2, -0.15) is 0 Å². The van der Waals surface area contributed by atoms with Gasteiger partial charge < -0.3 is 24.0 Å². The SMILES string of the molecule is CCn1c(C)cc(O)c(C(c2ccc(OC)cc2OC)N2CCN(c3ccccc3F)CC2)c1=O. The first-order chi connectivity index (χ1) is 16.9. The van der Waals surface area contributed by atoms with Crippen molar-refractivity contribution in [1.29, 1.82) is 0 Å². The first-order valence-electron chi connectivity index (χ1n) is 11.8. The summed E-state index contributed by atoms with van der Waals surface area (Å²) in [7, 11) is 3.16. The topological polar surface area (TPSA) is 67.2 Å². The van der Waals surface area contributed by atoms with Crippen molar-refractivity contribution in [3.8, 4) is 17.2 Å². The molecule has 3 aromatic rings. The quantitative estimate of drug-likeness (QED) is 0.551. The molecule has 1 unspecified atom stereocenters. The Bertz CT molecular complexity index is 1250. The van der Waals surface area contributed by atoms with Crippen molar-refractivity contribution >= 4 is 5.69 Å². The highest BCUT2D eigenvalue weighted by atomic mass is 19.1. The molecule has 1 aliphatic heterocycles. The van der Waals surface area contributed by atoms with Crippen molar-refractivity contribution in [2.75, 3.05) is 45.3 Å². The zero-order valence-corrected chi connectivity index (χ0v) is 20.6. The largest absolute Gasteiger partial charge is 0.507 e. The number of piperazine rings is 1. The summed E-state index contributed by atoms with van der Waals surface area (Å²) in [5.41, 5.74) is 2.09. The van der Waals surface area contributed by atoms with Crippen molar-refractivity contribution < 1.29 is 19.0 Å². The molecule has 0 bridgehead atoms. The van der Waals surface area contributed by atoms with Gasteiger partial charge >= 0.3 is 0 Å². The van der Waals surface area contributed by atoms with Gasteiger partial charge in [-0.3, -0.25) is 9.69 Å². The second kappa shape index (κ2) is 10.4. The summed E-state index contributed by atoms with van der Waals surface area (Å²) in [5, 5.41) is 11.0. The fraction of sp³-hybridized carbons (Fsp3) is 0.370. The monoisotopic (exact) mass is 481 g/mol. The van der Waals surface area contributed by atoms with E-state index in [-0.39, 0.29) is 17.1 Å². The van der Waals surface area contributed by atoms with Crippen LogP contribution in [-0.4, -0.2) is 55.0 Å². The lowest BCUT2D eigenvalue weighted by atomic mass is 9.94. The summed E-state index contributed by atoms with van der Waals surface area (Å²) < 4.78 is 27.1. The summed E-state index contributed by atoms with van der Waals surface area (Å²) in [4.78, 5) is 17.8. The van der Waals surface area contributed by atoms with E-state index in [1.165, 1.54) is 6.07 Å². The Hall–Kier alpha value is -3.52. The van der Waals surface area contributed by atoms with Gasteiger partial charge in [-0.25, -0.2) is 4.39 Å². The minimum absolute atomic E-state index is 0.0448. The standard InChI is InChI=1S/C27H32FN3O4/c1-5-31-18(2)16-23(32)25(27(31)33)26(20-11-10-19(34-3)17-24(20)35-4)30-14-12-29(13-15-30)22-9-7-6-8-21(22)28/h6-11,16-17,26,32H,5,12-15H2,1-4H3. The van der Waals surface area contributed by atoms with Gasteiger partial charge in [0.2, 0.25) is 0 Å². The van der Waals surface area contributed by atoms with Crippen LogP contribution in [0, 0.1) is 12.7 Å². The number of aromatic hydroxyl groups is 1. The molecular formula is C27H32FN3O4. The normalized spacial score (nSPS) is 15.2. The summed E-state index contributed by atoms with van der Waals surface area (Å²) >= 11 is 0. The van der Waals surface area contributed by atoms with E-state index in [1.54, 1.807) is 43.1 Å². The molecule has 1 fully saturated rings. The van der Waals surface area contributed by atoms with Crippen molar-refractivity contribution in [1.82, 2.24) is 9.47 Å². The number of aromatic nitrogens is 1. The highest BCUT2D eigenvalue weighted by molar-refractivity contribution is 5.50. The Kier molecular flexibility index (Phi) is 7.31. The second-order valence-electron chi connectivity index (χ2n) is 8.62. The number of halogens is 1. The molecule has 35 heavy (non-hydrogen) atoms. The number of hydrogen-bond acceptors (Lipinski definition) is 6. The number of ether oxygens (including phenoxy) is 2.